The number of rotatable bonds is 4. The molecule has 4 rings (SSSR count). The third kappa shape index (κ3) is 4.20. The second-order valence-corrected chi connectivity index (χ2v) is 7.26. The van der Waals surface area contributed by atoms with Crippen molar-refractivity contribution in [2.75, 3.05) is 18.5 Å². The van der Waals surface area contributed by atoms with Crippen LogP contribution in [-0.2, 0) is 19.1 Å². The molecule has 1 fully saturated rings. The standard InChI is InChI=1S/C22H18FNO7/c1-22(2)30-20(26)15(21(27)31-22)11-24-16-10-18-17(28-7-8-29-18)9-14(16)19(25)12-3-5-13(23)6-4-12/h3-6,9-11,24H,7-8H2,1-2H3. The van der Waals surface area contributed by atoms with E-state index in [2.05, 4.69) is 5.32 Å². The molecule has 1 N–H and O–H groups in total. The number of ether oxygens (including phenoxy) is 4. The first-order valence-electron chi connectivity index (χ1n) is 9.41. The maximum atomic E-state index is 13.3. The van der Waals surface area contributed by atoms with Crippen LogP contribution >= 0.6 is 0 Å². The first-order chi connectivity index (χ1) is 14.7. The maximum Gasteiger partial charge on any atom is 0.350 e. The summed E-state index contributed by atoms with van der Waals surface area (Å²) >= 11 is 0. The minimum atomic E-state index is -1.37. The lowest BCUT2D eigenvalue weighted by Gasteiger charge is -2.29. The molecule has 31 heavy (non-hydrogen) atoms. The van der Waals surface area contributed by atoms with E-state index in [9.17, 15) is 18.8 Å². The first-order valence-corrected chi connectivity index (χ1v) is 9.41. The van der Waals surface area contributed by atoms with E-state index in [4.69, 9.17) is 18.9 Å². The molecule has 0 aliphatic carbocycles. The zero-order chi connectivity index (χ0) is 22.2. The molecule has 0 atom stereocenters. The van der Waals surface area contributed by atoms with Gasteiger partial charge in [-0.1, -0.05) is 0 Å². The SMILES string of the molecule is CC1(C)OC(=O)C(=CNc2cc3c(cc2C(=O)c2ccc(F)cc2)OCCO3)C(=O)O1. The normalized spacial score (nSPS) is 16.8. The molecule has 2 aromatic carbocycles. The number of anilines is 1. The average molecular weight is 427 g/mol. The fourth-order valence-electron chi connectivity index (χ4n) is 3.08. The Morgan fingerprint density at radius 2 is 1.58 bits per heavy atom. The molecule has 0 bridgehead atoms. The predicted molar refractivity (Wildman–Crippen MR) is 105 cm³/mol. The van der Waals surface area contributed by atoms with Crippen LogP contribution in [-0.4, -0.2) is 36.7 Å². The van der Waals surface area contributed by atoms with E-state index in [1.165, 1.54) is 50.2 Å². The van der Waals surface area contributed by atoms with Gasteiger partial charge in [-0.05, 0) is 30.3 Å². The molecular weight excluding hydrogens is 409 g/mol. The van der Waals surface area contributed by atoms with Crippen molar-refractivity contribution in [2.45, 2.75) is 19.6 Å². The second kappa shape index (κ2) is 7.75. The number of benzene rings is 2. The molecule has 2 heterocycles. The van der Waals surface area contributed by atoms with Gasteiger partial charge in [-0.3, -0.25) is 4.79 Å². The lowest BCUT2D eigenvalue weighted by molar-refractivity contribution is -0.222. The van der Waals surface area contributed by atoms with E-state index in [-0.39, 0.29) is 22.4 Å². The molecule has 0 amide bonds. The van der Waals surface area contributed by atoms with Crippen molar-refractivity contribution >= 4 is 23.4 Å². The Balaban J connectivity index is 1.71. The highest BCUT2D eigenvalue weighted by atomic mass is 19.1. The van der Waals surface area contributed by atoms with Crippen molar-refractivity contribution in [3.05, 3.63) is 65.1 Å². The average Bonchev–Trinajstić information content (AvgIpc) is 2.71. The van der Waals surface area contributed by atoms with Crippen molar-refractivity contribution in [2.24, 2.45) is 0 Å². The van der Waals surface area contributed by atoms with Gasteiger partial charge in [-0.15, -0.1) is 0 Å². The zero-order valence-electron chi connectivity index (χ0n) is 16.7. The molecule has 0 radical (unpaired) electrons. The highest BCUT2D eigenvalue weighted by Crippen LogP contribution is 2.37. The molecule has 2 aliphatic heterocycles. The van der Waals surface area contributed by atoms with Gasteiger partial charge in [0.05, 0.1) is 5.69 Å². The molecule has 0 aromatic heterocycles. The first kappa shape index (κ1) is 20.4. The molecular formula is C22H18FNO7. The smallest absolute Gasteiger partial charge is 0.350 e. The quantitative estimate of drug-likeness (QED) is 0.344. The van der Waals surface area contributed by atoms with Crippen molar-refractivity contribution in [1.29, 1.82) is 0 Å². The summed E-state index contributed by atoms with van der Waals surface area (Å²) in [6.07, 6.45) is 1.10. The van der Waals surface area contributed by atoms with Gasteiger partial charge in [0.2, 0.25) is 0 Å². The van der Waals surface area contributed by atoms with Crippen LogP contribution in [0.2, 0.25) is 0 Å². The number of cyclic esters (lactones) is 2. The van der Waals surface area contributed by atoms with Gasteiger partial charge in [0, 0.05) is 37.2 Å². The lowest BCUT2D eigenvalue weighted by Crippen LogP contribution is -2.42. The summed E-state index contributed by atoms with van der Waals surface area (Å²) in [6.45, 7) is 3.52. The summed E-state index contributed by atoms with van der Waals surface area (Å²) < 4.78 is 34.5. The summed E-state index contributed by atoms with van der Waals surface area (Å²) in [5.74, 6) is -3.24. The van der Waals surface area contributed by atoms with Crippen LogP contribution in [0, 0.1) is 5.82 Å². The van der Waals surface area contributed by atoms with E-state index in [1.54, 1.807) is 0 Å². The number of nitrogens with one attached hydrogen (secondary N) is 1. The Kier molecular flexibility index (Phi) is 5.10. The second-order valence-electron chi connectivity index (χ2n) is 7.26. The van der Waals surface area contributed by atoms with Crippen LogP contribution in [0.25, 0.3) is 0 Å². The van der Waals surface area contributed by atoms with Crippen molar-refractivity contribution in [1.82, 2.24) is 0 Å². The number of hydrogen-bond acceptors (Lipinski definition) is 8. The largest absolute Gasteiger partial charge is 0.486 e. The molecule has 2 aromatic rings. The van der Waals surface area contributed by atoms with Gasteiger partial charge in [0.15, 0.2) is 22.9 Å². The minimum absolute atomic E-state index is 0.172. The summed E-state index contributed by atoms with van der Waals surface area (Å²) in [5.41, 5.74) is 0.295. The highest BCUT2D eigenvalue weighted by Gasteiger charge is 2.39. The highest BCUT2D eigenvalue weighted by molar-refractivity contribution is 6.16. The van der Waals surface area contributed by atoms with Gasteiger partial charge in [0.1, 0.15) is 19.0 Å². The Morgan fingerprint density at radius 3 is 2.19 bits per heavy atom. The Hall–Kier alpha value is -3.88. The lowest BCUT2D eigenvalue weighted by atomic mass is 10.0. The summed E-state index contributed by atoms with van der Waals surface area (Å²) in [5, 5.41) is 2.79. The minimum Gasteiger partial charge on any atom is -0.486 e. The van der Waals surface area contributed by atoms with Crippen LogP contribution in [0.3, 0.4) is 0 Å². The summed E-state index contributed by atoms with van der Waals surface area (Å²) in [6, 6.07) is 8.07. The number of fused-ring (bicyclic) bond motifs is 1. The van der Waals surface area contributed by atoms with Crippen molar-refractivity contribution in [3.63, 3.8) is 0 Å². The van der Waals surface area contributed by atoms with Crippen LogP contribution in [0.4, 0.5) is 10.1 Å². The van der Waals surface area contributed by atoms with Gasteiger partial charge < -0.3 is 24.3 Å². The van der Waals surface area contributed by atoms with E-state index in [1.807, 2.05) is 0 Å². The van der Waals surface area contributed by atoms with Crippen molar-refractivity contribution < 1.29 is 37.7 Å². The molecule has 9 heteroatoms. The number of esters is 2. The number of ketones is 1. The van der Waals surface area contributed by atoms with E-state index in [0.29, 0.717) is 24.7 Å². The topological polar surface area (TPSA) is 100 Å². The summed E-state index contributed by atoms with van der Waals surface area (Å²) in [7, 11) is 0. The zero-order valence-corrected chi connectivity index (χ0v) is 16.7. The van der Waals surface area contributed by atoms with Crippen LogP contribution < -0.4 is 14.8 Å². The number of hydrogen-bond donors (Lipinski definition) is 1. The number of halogens is 1. The van der Waals surface area contributed by atoms with E-state index < -0.39 is 29.3 Å². The molecule has 1 saturated heterocycles. The van der Waals surface area contributed by atoms with E-state index >= 15 is 0 Å². The molecule has 8 nitrogen and oxygen atoms in total. The monoisotopic (exact) mass is 427 g/mol. The Morgan fingerprint density at radius 1 is 1.00 bits per heavy atom. The third-order valence-electron chi connectivity index (χ3n) is 4.52. The van der Waals surface area contributed by atoms with E-state index in [0.717, 1.165) is 6.20 Å². The molecule has 2 aliphatic rings. The fraction of sp³-hybridized carbons (Fsp3) is 0.227. The van der Waals surface area contributed by atoms with Crippen LogP contribution in [0.1, 0.15) is 29.8 Å². The fourth-order valence-corrected chi connectivity index (χ4v) is 3.08. The van der Waals surface area contributed by atoms with Gasteiger partial charge >= 0.3 is 11.9 Å². The van der Waals surface area contributed by atoms with Gasteiger partial charge in [-0.2, -0.15) is 0 Å². The third-order valence-corrected chi connectivity index (χ3v) is 4.52. The summed E-state index contributed by atoms with van der Waals surface area (Å²) in [4.78, 5) is 37.4. The molecule has 0 unspecified atom stereocenters. The maximum absolute atomic E-state index is 13.3. The van der Waals surface area contributed by atoms with Crippen LogP contribution in [0.5, 0.6) is 11.5 Å². The molecule has 0 spiro atoms. The Labute approximate surface area is 176 Å². The van der Waals surface area contributed by atoms with Gasteiger partial charge in [-0.25, -0.2) is 14.0 Å². The van der Waals surface area contributed by atoms with Crippen LogP contribution in [0.15, 0.2) is 48.2 Å². The van der Waals surface area contributed by atoms with Crippen molar-refractivity contribution in [3.8, 4) is 11.5 Å². The molecule has 0 saturated carbocycles. The Bertz CT molecular complexity index is 1080. The number of carbonyl (C=O) groups is 3. The van der Waals surface area contributed by atoms with Gasteiger partial charge in [0.25, 0.3) is 5.79 Å². The molecule has 160 valence electrons. The predicted octanol–water partition coefficient (Wildman–Crippen LogP) is 2.96. The number of carbonyl (C=O) groups excluding carboxylic acids is 3.